The molecule has 0 heterocycles. The maximum absolute atomic E-state index is 11.5. The summed E-state index contributed by atoms with van der Waals surface area (Å²) in [6.07, 6.45) is 2.91. The Kier molecular flexibility index (Phi) is 4.53. The van der Waals surface area contributed by atoms with Crippen LogP contribution in [-0.2, 0) is 11.2 Å². The molecule has 0 radical (unpaired) electrons. The third kappa shape index (κ3) is 4.55. The minimum Gasteiger partial charge on any atom is -0.396 e. The second-order valence-electron chi connectivity index (χ2n) is 5.99. The van der Waals surface area contributed by atoms with Gasteiger partial charge in [0.15, 0.2) is 0 Å². The highest BCUT2D eigenvalue weighted by Gasteiger charge is 2.29. The van der Waals surface area contributed by atoms with Crippen LogP contribution in [-0.4, -0.2) is 17.6 Å². The highest BCUT2D eigenvalue weighted by Crippen LogP contribution is 2.30. The van der Waals surface area contributed by atoms with E-state index in [4.69, 9.17) is 0 Å². The van der Waals surface area contributed by atoms with E-state index in [1.54, 1.807) is 0 Å². The second-order valence-corrected chi connectivity index (χ2v) is 6.87. The fourth-order valence-corrected chi connectivity index (χ4v) is 2.48. The largest absolute Gasteiger partial charge is 0.396 e. The second kappa shape index (κ2) is 5.97. The van der Waals surface area contributed by atoms with E-state index in [9.17, 15) is 9.90 Å². The van der Waals surface area contributed by atoms with Crippen molar-refractivity contribution in [2.75, 3.05) is 6.61 Å². The summed E-state index contributed by atoms with van der Waals surface area (Å²) in [5.74, 6) is 0.396. The van der Waals surface area contributed by atoms with Crippen LogP contribution in [0.3, 0.4) is 0 Å². The number of aliphatic hydroxyl groups is 1. The summed E-state index contributed by atoms with van der Waals surface area (Å²) in [6, 6.07) is 8.15. The third-order valence-corrected chi connectivity index (χ3v) is 4.06. The van der Waals surface area contributed by atoms with Crippen LogP contribution in [0, 0.1) is 11.3 Å². The van der Waals surface area contributed by atoms with Crippen molar-refractivity contribution < 1.29 is 9.90 Å². The van der Waals surface area contributed by atoms with E-state index in [2.05, 4.69) is 16.9 Å². The van der Waals surface area contributed by atoms with E-state index in [0.29, 0.717) is 0 Å². The van der Waals surface area contributed by atoms with Crippen molar-refractivity contribution in [1.82, 2.24) is 4.72 Å². The molecule has 0 aliphatic heterocycles. The summed E-state index contributed by atoms with van der Waals surface area (Å²) in [6.45, 7) is 4.28. The number of hydrogen-bond acceptors (Lipinski definition) is 3. The molecule has 1 aliphatic rings. The van der Waals surface area contributed by atoms with Crippen molar-refractivity contribution in [2.24, 2.45) is 11.3 Å². The Bertz CT molecular complexity index is 438. The highest BCUT2D eigenvalue weighted by molar-refractivity contribution is 7.98. The van der Waals surface area contributed by atoms with Gasteiger partial charge in [-0.1, -0.05) is 26.0 Å². The number of aliphatic hydroxyl groups excluding tert-OH is 1. The number of hydrogen-bond donors (Lipinski definition) is 2. The molecule has 104 valence electrons. The van der Waals surface area contributed by atoms with E-state index >= 15 is 0 Å². The van der Waals surface area contributed by atoms with E-state index in [-0.39, 0.29) is 23.8 Å². The maximum Gasteiger partial charge on any atom is 0.233 e. The van der Waals surface area contributed by atoms with Crippen molar-refractivity contribution in [3.05, 3.63) is 29.8 Å². The summed E-state index contributed by atoms with van der Waals surface area (Å²) in [4.78, 5) is 12.6. The third-order valence-electron chi connectivity index (χ3n) is 3.25. The number of carbonyl (C=O) groups excluding carboxylic acids is 1. The fourth-order valence-electron chi connectivity index (χ4n) is 1.82. The van der Waals surface area contributed by atoms with Gasteiger partial charge in [-0.05, 0) is 54.3 Å². The van der Waals surface area contributed by atoms with E-state index in [0.717, 1.165) is 24.2 Å². The summed E-state index contributed by atoms with van der Waals surface area (Å²) < 4.78 is 2.88. The number of amides is 1. The molecular formula is C15H21NO2S. The first-order chi connectivity index (χ1) is 9.00. The lowest BCUT2D eigenvalue weighted by molar-refractivity contribution is -0.120. The Balaban J connectivity index is 1.85. The molecule has 1 amide bonds. The summed E-state index contributed by atoms with van der Waals surface area (Å²) in [5.41, 5.74) is 1.12. The zero-order chi connectivity index (χ0) is 13.9. The van der Waals surface area contributed by atoms with Gasteiger partial charge < -0.3 is 5.11 Å². The summed E-state index contributed by atoms with van der Waals surface area (Å²) in [5, 5.41) is 9.26. The molecular weight excluding hydrogens is 258 g/mol. The van der Waals surface area contributed by atoms with Gasteiger partial charge in [0.05, 0.1) is 0 Å². The highest BCUT2D eigenvalue weighted by atomic mass is 32.2. The molecule has 0 unspecified atom stereocenters. The van der Waals surface area contributed by atoms with Crippen LogP contribution in [0.25, 0.3) is 0 Å². The summed E-state index contributed by atoms with van der Waals surface area (Å²) in [7, 11) is 0. The van der Waals surface area contributed by atoms with Gasteiger partial charge in [0.2, 0.25) is 5.91 Å². The molecule has 4 heteroatoms. The quantitative estimate of drug-likeness (QED) is 0.787. The first-order valence-electron chi connectivity index (χ1n) is 6.67. The molecule has 19 heavy (non-hydrogen) atoms. The monoisotopic (exact) mass is 279 g/mol. The van der Waals surface area contributed by atoms with Gasteiger partial charge in [0.1, 0.15) is 0 Å². The Hall–Kier alpha value is -1.00. The van der Waals surface area contributed by atoms with Crippen molar-refractivity contribution in [3.8, 4) is 0 Å². The molecule has 1 aromatic rings. The molecule has 0 atom stereocenters. The summed E-state index contributed by atoms with van der Waals surface area (Å²) >= 11 is 1.38. The topological polar surface area (TPSA) is 49.3 Å². The lowest BCUT2D eigenvalue weighted by atomic mass is 9.87. The van der Waals surface area contributed by atoms with Crippen LogP contribution < -0.4 is 4.72 Å². The van der Waals surface area contributed by atoms with Gasteiger partial charge in [-0.3, -0.25) is 9.52 Å². The molecule has 0 saturated heterocycles. The van der Waals surface area contributed by atoms with Crippen molar-refractivity contribution in [2.45, 2.75) is 38.0 Å². The predicted octanol–water partition coefficient (Wildman–Crippen LogP) is 2.78. The minimum atomic E-state index is -0.0884. The van der Waals surface area contributed by atoms with E-state index < -0.39 is 0 Å². The van der Waals surface area contributed by atoms with Crippen LogP contribution in [0.5, 0.6) is 0 Å². The SMILES string of the molecule is CC(C)(CO)Cc1ccc(SNC(=O)C2CC2)cc1. The molecule has 2 rings (SSSR count). The molecule has 3 nitrogen and oxygen atoms in total. The Morgan fingerprint density at radius 3 is 2.53 bits per heavy atom. The van der Waals surface area contributed by atoms with Crippen molar-refractivity contribution >= 4 is 17.9 Å². The number of rotatable bonds is 6. The van der Waals surface area contributed by atoms with E-state index in [1.807, 2.05) is 26.0 Å². The molecule has 0 spiro atoms. The standard InChI is InChI=1S/C15H21NO2S/c1-15(2,10-17)9-11-3-7-13(8-4-11)19-16-14(18)12-5-6-12/h3-4,7-8,12,17H,5-6,9-10H2,1-2H3,(H,16,18). The zero-order valence-electron chi connectivity index (χ0n) is 11.5. The van der Waals surface area contributed by atoms with Crippen LogP contribution in [0.1, 0.15) is 32.3 Å². The lowest BCUT2D eigenvalue weighted by Crippen LogP contribution is -2.19. The maximum atomic E-state index is 11.5. The van der Waals surface area contributed by atoms with Gasteiger partial charge in [0.25, 0.3) is 0 Å². The molecule has 1 aromatic carbocycles. The first-order valence-corrected chi connectivity index (χ1v) is 7.48. The Labute approximate surface area is 118 Å². The number of benzene rings is 1. The van der Waals surface area contributed by atoms with Gasteiger partial charge in [-0.25, -0.2) is 0 Å². The molecule has 1 saturated carbocycles. The van der Waals surface area contributed by atoms with Gasteiger partial charge in [-0.2, -0.15) is 0 Å². The van der Waals surface area contributed by atoms with Gasteiger partial charge >= 0.3 is 0 Å². The lowest BCUT2D eigenvalue weighted by Gasteiger charge is -2.21. The number of nitrogens with one attached hydrogen (secondary N) is 1. The zero-order valence-corrected chi connectivity index (χ0v) is 12.3. The van der Waals surface area contributed by atoms with Crippen molar-refractivity contribution in [1.29, 1.82) is 0 Å². The van der Waals surface area contributed by atoms with Crippen LogP contribution in [0.2, 0.25) is 0 Å². The first kappa shape index (κ1) is 14.4. The fraction of sp³-hybridized carbons (Fsp3) is 0.533. The Morgan fingerprint density at radius 1 is 1.37 bits per heavy atom. The predicted molar refractivity (Wildman–Crippen MR) is 77.7 cm³/mol. The normalized spacial score (nSPS) is 15.3. The molecule has 1 fully saturated rings. The van der Waals surface area contributed by atoms with Crippen LogP contribution in [0.4, 0.5) is 0 Å². The van der Waals surface area contributed by atoms with Crippen LogP contribution >= 0.6 is 11.9 Å². The molecule has 1 aliphatic carbocycles. The smallest absolute Gasteiger partial charge is 0.233 e. The Morgan fingerprint density at radius 2 is 2.00 bits per heavy atom. The minimum absolute atomic E-state index is 0.0884. The molecule has 2 N–H and O–H groups in total. The van der Waals surface area contributed by atoms with E-state index in [1.165, 1.54) is 17.5 Å². The van der Waals surface area contributed by atoms with Gasteiger partial charge in [0, 0.05) is 17.4 Å². The average molecular weight is 279 g/mol. The van der Waals surface area contributed by atoms with Crippen LogP contribution in [0.15, 0.2) is 29.2 Å². The van der Waals surface area contributed by atoms with Gasteiger partial charge in [-0.15, -0.1) is 0 Å². The van der Waals surface area contributed by atoms with Crippen molar-refractivity contribution in [3.63, 3.8) is 0 Å². The number of carbonyl (C=O) groups is 1. The average Bonchev–Trinajstić information content (AvgIpc) is 3.21. The molecule has 0 aromatic heterocycles. The molecule has 0 bridgehead atoms.